The van der Waals surface area contributed by atoms with Crippen LogP contribution >= 0.6 is 34.4 Å². The van der Waals surface area contributed by atoms with Crippen LogP contribution in [-0.4, -0.2) is 16.7 Å². The van der Waals surface area contributed by atoms with E-state index in [1.807, 2.05) is 0 Å². The van der Waals surface area contributed by atoms with Crippen LogP contribution in [0.5, 0.6) is 0 Å². The van der Waals surface area contributed by atoms with E-state index in [-0.39, 0.29) is 0 Å². The average Bonchev–Trinajstić information content (AvgIpc) is 3.17. The van der Waals surface area contributed by atoms with E-state index >= 15 is 0 Å². The fourth-order valence-corrected chi connectivity index (χ4v) is 4.46. The van der Waals surface area contributed by atoms with Crippen molar-refractivity contribution < 1.29 is 0 Å². The van der Waals surface area contributed by atoms with Crippen molar-refractivity contribution in [2.75, 3.05) is 11.9 Å². The molecule has 3 nitrogen and oxygen atoms in total. The van der Waals surface area contributed by atoms with Crippen LogP contribution in [0.25, 0.3) is 0 Å². The summed E-state index contributed by atoms with van der Waals surface area (Å²) in [5.41, 5.74) is 2.62. The Morgan fingerprint density at radius 1 is 1.18 bits per heavy atom. The van der Waals surface area contributed by atoms with Crippen LogP contribution in [0.2, 0.25) is 0 Å². The third kappa shape index (κ3) is 4.56. The lowest BCUT2D eigenvalue weighted by Crippen LogP contribution is -2.03. The fourth-order valence-electron chi connectivity index (χ4n) is 2.03. The third-order valence-corrected chi connectivity index (χ3v) is 6.10. The summed E-state index contributed by atoms with van der Waals surface area (Å²) in [6.45, 7) is 3.02. The predicted molar refractivity (Wildman–Crippen MR) is 97.2 cm³/mol. The van der Waals surface area contributed by atoms with Gasteiger partial charge in [-0.15, -0.1) is 21.5 Å². The number of hydrogen-bond acceptors (Lipinski definition) is 6. The molecule has 1 N–H and O–H groups in total. The predicted octanol–water partition coefficient (Wildman–Crippen LogP) is 4.85. The Morgan fingerprint density at radius 3 is 2.95 bits per heavy atom. The van der Waals surface area contributed by atoms with E-state index in [0.717, 1.165) is 28.2 Å². The molecule has 0 saturated carbocycles. The summed E-state index contributed by atoms with van der Waals surface area (Å²) < 4.78 is 1.01. The second-order valence-corrected chi connectivity index (χ2v) is 8.14. The Labute approximate surface area is 142 Å². The van der Waals surface area contributed by atoms with Gasteiger partial charge in [0, 0.05) is 17.2 Å². The standard InChI is InChI=1S/C16H17N3S3/c1-12-4-2-5-13(10-12)11-21-16-19-18-15(22-16)17-8-7-14-6-3-9-20-14/h2-6,9-10H,7-8,11H2,1H3,(H,17,18). The van der Waals surface area contributed by atoms with Crippen LogP contribution in [0.3, 0.4) is 0 Å². The topological polar surface area (TPSA) is 37.8 Å². The maximum absolute atomic E-state index is 4.24. The highest BCUT2D eigenvalue weighted by molar-refractivity contribution is 8.00. The molecule has 0 aliphatic heterocycles. The molecule has 1 aromatic carbocycles. The van der Waals surface area contributed by atoms with Crippen LogP contribution in [0, 0.1) is 6.92 Å². The minimum atomic E-state index is 0.900. The highest BCUT2D eigenvalue weighted by atomic mass is 32.2. The van der Waals surface area contributed by atoms with E-state index in [4.69, 9.17) is 0 Å². The molecule has 0 bridgehead atoms. The van der Waals surface area contributed by atoms with Gasteiger partial charge in [-0.2, -0.15) is 0 Å². The zero-order valence-electron chi connectivity index (χ0n) is 12.3. The van der Waals surface area contributed by atoms with Gasteiger partial charge in [0.15, 0.2) is 4.34 Å². The normalized spacial score (nSPS) is 10.8. The molecule has 3 rings (SSSR count). The van der Waals surface area contributed by atoms with Crippen LogP contribution in [0.4, 0.5) is 5.13 Å². The molecule has 0 unspecified atom stereocenters. The van der Waals surface area contributed by atoms with Crippen molar-refractivity contribution in [3.63, 3.8) is 0 Å². The molecule has 22 heavy (non-hydrogen) atoms. The van der Waals surface area contributed by atoms with Crippen LogP contribution < -0.4 is 5.32 Å². The van der Waals surface area contributed by atoms with E-state index in [0.29, 0.717) is 0 Å². The Morgan fingerprint density at radius 2 is 2.14 bits per heavy atom. The van der Waals surface area contributed by atoms with Crippen molar-refractivity contribution in [2.24, 2.45) is 0 Å². The minimum absolute atomic E-state index is 0.900. The molecule has 6 heteroatoms. The van der Waals surface area contributed by atoms with Crippen molar-refractivity contribution in [3.8, 4) is 0 Å². The molecule has 0 spiro atoms. The molecule has 0 fully saturated rings. The largest absolute Gasteiger partial charge is 0.360 e. The Kier molecular flexibility index (Phi) is 5.48. The molecule has 0 aliphatic rings. The monoisotopic (exact) mass is 347 g/mol. The highest BCUT2D eigenvalue weighted by Gasteiger charge is 2.05. The van der Waals surface area contributed by atoms with Crippen molar-refractivity contribution in [1.82, 2.24) is 10.2 Å². The van der Waals surface area contributed by atoms with Gasteiger partial charge < -0.3 is 5.32 Å². The Bertz CT molecular complexity index is 707. The zero-order chi connectivity index (χ0) is 15.2. The maximum Gasteiger partial charge on any atom is 0.206 e. The summed E-state index contributed by atoms with van der Waals surface area (Å²) in [7, 11) is 0. The first-order valence-electron chi connectivity index (χ1n) is 7.08. The number of nitrogens with one attached hydrogen (secondary N) is 1. The molecular formula is C16H17N3S3. The number of aryl methyl sites for hydroxylation is 1. The zero-order valence-corrected chi connectivity index (χ0v) is 14.7. The van der Waals surface area contributed by atoms with Gasteiger partial charge in [0.05, 0.1) is 0 Å². The fraction of sp³-hybridized carbons (Fsp3) is 0.250. The maximum atomic E-state index is 4.24. The second kappa shape index (κ2) is 7.76. The van der Waals surface area contributed by atoms with Gasteiger partial charge in [-0.25, -0.2) is 0 Å². The summed E-state index contributed by atoms with van der Waals surface area (Å²) in [5.74, 6) is 0.936. The summed E-state index contributed by atoms with van der Waals surface area (Å²) >= 11 is 5.16. The molecule has 0 amide bonds. The smallest absolute Gasteiger partial charge is 0.206 e. The SMILES string of the molecule is Cc1cccc(CSc2nnc(NCCc3cccs3)s2)c1. The minimum Gasteiger partial charge on any atom is -0.360 e. The van der Waals surface area contributed by atoms with Gasteiger partial charge in [-0.1, -0.05) is 59.0 Å². The number of benzene rings is 1. The number of hydrogen-bond donors (Lipinski definition) is 1. The van der Waals surface area contributed by atoms with Crippen molar-refractivity contribution in [2.45, 2.75) is 23.4 Å². The van der Waals surface area contributed by atoms with Gasteiger partial charge in [0.1, 0.15) is 0 Å². The van der Waals surface area contributed by atoms with Gasteiger partial charge in [0.25, 0.3) is 0 Å². The first-order valence-corrected chi connectivity index (χ1v) is 9.76. The van der Waals surface area contributed by atoms with E-state index in [9.17, 15) is 0 Å². The summed E-state index contributed by atoms with van der Waals surface area (Å²) in [5, 5.41) is 14.8. The number of anilines is 1. The molecule has 0 atom stereocenters. The lowest BCUT2D eigenvalue weighted by atomic mass is 10.2. The van der Waals surface area contributed by atoms with E-state index in [1.54, 1.807) is 34.4 Å². The van der Waals surface area contributed by atoms with Gasteiger partial charge in [-0.3, -0.25) is 0 Å². The third-order valence-electron chi connectivity index (χ3n) is 3.08. The average molecular weight is 348 g/mol. The number of thiophene rings is 1. The van der Waals surface area contributed by atoms with Crippen LogP contribution in [0.15, 0.2) is 46.1 Å². The highest BCUT2D eigenvalue weighted by Crippen LogP contribution is 2.28. The Hall–Kier alpha value is -1.37. The molecular weight excluding hydrogens is 330 g/mol. The first kappa shape index (κ1) is 15.5. The van der Waals surface area contributed by atoms with Crippen LogP contribution in [-0.2, 0) is 12.2 Å². The number of rotatable bonds is 7. The summed E-state index contributed by atoms with van der Waals surface area (Å²) in [6, 6.07) is 12.8. The molecule has 0 radical (unpaired) electrons. The van der Waals surface area contributed by atoms with E-state index < -0.39 is 0 Å². The second-order valence-electron chi connectivity index (χ2n) is 4.91. The number of thioether (sulfide) groups is 1. The quantitative estimate of drug-likeness (QED) is 0.620. The van der Waals surface area contributed by atoms with Gasteiger partial charge in [-0.05, 0) is 30.4 Å². The lowest BCUT2D eigenvalue weighted by Gasteiger charge is -2.00. The Balaban J connectivity index is 1.46. The van der Waals surface area contributed by atoms with Gasteiger partial charge in [0.2, 0.25) is 5.13 Å². The number of aromatic nitrogens is 2. The van der Waals surface area contributed by atoms with E-state index in [2.05, 4.69) is 64.2 Å². The number of nitrogens with zero attached hydrogens (tertiary/aromatic N) is 2. The summed E-state index contributed by atoms with van der Waals surface area (Å²) in [6.07, 6.45) is 1.03. The molecule has 3 aromatic rings. The van der Waals surface area contributed by atoms with Crippen molar-refractivity contribution >= 4 is 39.6 Å². The molecule has 0 aliphatic carbocycles. The molecule has 0 saturated heterocycles. The molecule has 2 heterocycles. The first-order chi connectivity index (χ1) is 10.8. The molecule has 114 valence electrons. The van der Waals surface area contributed by atoms with Crippen LogP contribution in [0.1, 0.15) is 16.0 Å². The van der Waals surface area contributed by atoms with E-state index in [1.165, 1.54) is 16.0 Å². The lowest BCUT2D eigenvalue weighted by molar-refractivity contribution is 0.980. The summed E-state index contributed by atoms with van der Waals surface area (Å²) in [4.78, 5) is 1.39. The van der Waals surface area contributed by atoms with Crippen molar-refractivity contribution in [1.29, 1.82) is 0 Å². The van der Waals surface area contributed by atoms with Gasteiger partial charge >= 0.3 is 0 Å². The molecule has 2 aromatic heterocycles. The van der Waals surface area contributed by atoms with Crippen molar-refractivity contribution in [3.05, 3.63) is 57.8 Å².